The third kappa shape index (κ3) is 5.36. The average Bonchev–Trinajstić information content (AvgIpc) is 2.51. The maximum absolute atomic E-state index is 11.9. The Bertz CT molecular complexity index is 758. The van der Waals surface area contributed by atoms with Crippen LogP contribution < -0.4 is 10.6 Å². The predicted octanol–water partition coefficient (Wildman–Crippen LogP) is 4.83. The second kappa shape index (κ2) is 8.11. The highest BCUT2D eigenvalue weighted by Gasteiger charge is 2.07. The van der Waals surface area contributed by atoms with Gasteiger partial charge >= 0.3 is 0 Å². The van der Waals surface area contributed by atoms with Crippen molar-refractivity contribution >= 4 is 58.2 Å². The summed E-state index contributed by atoms with van der Waals surface area (Å²) >= 11 is 17.0. The number of carbonyl (C=O) groups is 1. The first kappa shape index (κ1) is 17.5. The molecule has 2 rings (SSSR count). The lowest BCUT2D eigenvalue weighted by molar-refractivity contribution is -0.115. The van der Waals surface area contributed by atoms with E-state index in [-0.39, 0.29) is 11.0 Å². The van der Waals surface area contributed by atoms with E-state index in [0.717, 1.165) is 11.1 Å². The van der Waals surface area contributed by atoms with Gasteiger partial charge in [-0.3, -0.25) is 10.1 Å². The first-order valence-electron chi connectivity index (χ1n) is 6.76. The smallest absolute Gasteiger partial charge is 0.250 e. The van der Waals surface area contributed by atoms with Gasteiger partial charge in [0.15, 0.2) is 5.11 Å². The Labute approximate surface area is 150 Å². The van der Waals surface area contributed by atoms with Gasteiger partial charge in [0.1, 0.15) is 0 Å². The molecule has 1 amide bonds. The zero-order chi connectivity index (χ0) is 16.8. The van der Waals surface area contributed by atoms with Crippen molar-refractivity contribution in [2.45, 2.75) is 6.92 Å². The lowest BCUT2D eigenvalue weighted by Crippen LogP contribution is -2.32. The zero-order valence-electron chi connectivity index (χ0n) is 12.3. The van der Waals surface area contributed by atoms with E-state index in [4.69, 9.17) is 35.4 Å². The van der Waals surface area contributed by atoms with Crippen molar-refractivity contribution in [2.24, 2.45) is 0 Å². The van der Waals surface area contributed by atoms with Crippen LogP contribution in [0.2, 0.25) is 10.0 Å². The molecule has 0 aliphatic heterocycles. The lowest BCUT2D eigenvalue weighted by Gasteiger charge is -2.10. The maximum Gasteiger partial charge on any atom is 0.250 e. The molecule has 6 heteroatoms. The Balaban J connectivity index is 1.93. The van der Waals surface area contributed by atoms with Crippen molar-refractivity contribution in [3.05, 3.63) is 69.7 Å². The molecule has 0 radical (unpaired) electrons. The monoisotopic (exact) mass is 364 g/mol. The van der Waals surface area contributed by atoms with Crippen LogP contribution in [0.5, 0.6) is 0 Å². The van der Waals surface area contributed by atoms with Crippen LogP contribution in [0.3, 0.4) is 0 Å². The minimum absolute atomic E-state index is 0.146. The van der Waals surface area contributed by atoms with Crippen LogP contribution >= 0.6 is 35.4 Å². The SMILES string of the molecule is Cc1ccc(/C=C/C(=O)NC(=S)Nc2cccc(Cl)c2Cl)cc1. The summed E-state index contributed by atoms with van der Waals surface area (Å²) < 4.78 is 0. The number of rotatable bonds is 3. The number of hydrogen-bond acceptors (Lipinski definition) is 2. The molecule has 2 N–H and O–H groups in total. The molecule has 0 heterocycles. The van der Waals surface area contributed by atoms with Gasteiger partial charge in [0, 0.05) is 6.08 Å². The van der Waals surface area contributed by atoms with Gasteiger partial charge in [-0.2, -0.15) is 0 Å². The highest BCUT2D eigenvalue weighted by Crippen LogP contribution is 2.29. The Morgan fingerprint density at radius 1 is 1.13 bits per heavy atom. The fraction of sp³-hybridized carbons (Fsp3) is 0.0588. The maximum atomic E-state index is 11.9. The summed E-state index contributed by atoms with van der Waals surface area (Å²) in [5, 5.41) is 6.29. The van der Waals surface area contributed by atoms with Crippen molar-refractivity contribution in [1.82, 2.24) is 5.32 Å². The molecule has 0 aliphatic carbocycles. The highest BCUT2D eigenvalue weighted by molar-refractivity contribution is 7.80. The van der Waals surface area contributed by atoms with Crippen LogP contribution in [-0.4, -0.2) is 11.0 Å². The van der Waals surface area contributed by atoms with Gasteiger partial charge in [0.2, 0.25) is 5.91 Å². The predicted molar refractivity (Wildman–Crippen MR) is 101 cm³/mol. The summed E-state index contributed by atoms with van der Waals surface area (Å²) in [5.41, 5.74) is 2.63. The molecule has 0 spiro atoms. The van der Waals surface area contributed by atoms with E-state index in [1.807, 2.05) is 31.2 Å². The summed E-state index contributed by atoms with van der Waals surface area (Å²) in [6.45, 7) is 2.01. The van der Waals surface area contributed by atoms with Crippen molar-refractivity contribution in [2.75, 3.05) is 5.32 Å². The molecule has 0 aromatic heterocycles. The molecule has 0 fully saturated rings. The third-order valence-electron chi connectivity index (χ3n) is 2.94. The number of nitrogens with one attached hydrogen (secondary N) is 2. The molecule has 2 aromatic rings. The Hall–Kier alpha value is -1.88. The Morgan fingerprint density at radius 2 is 1.83 bits per heavy atom. The second-order valence-corrected chi connectivity index (χ2v) is 5.98. The summed E-state index contributed by atoms with van der Waals surface area (Å²) in [6.07, 6.45) is 3.13. The molecule has 23 heavy (non-hydrogen) atoms. The fourth-order valence-corrected chi connectivity index (χ4v) is 2.32. The van der Waals surface area contributed by atoms with Crippen LogP contribution in [-0.2, 0) is 4.79 Å². The van der Waals surface area contributed by atoms with E-state index < -0.39 is 0 Å². The molecule has 0 unspecified atom stereocenters. The van der Waals surface area contributed by atoms with E-state index in [1.54, 1.807) is 24.3 Å². The van der Waals surface area contributed by atoms with E-state index in [1.165, 1.54) is 6.08 Å². The number of halogens is 2. The van der Waals surface area contributed by atoms with Crippen molar-refractivity contribution in [3.8, 4) is 0 Å². The van der Waals surface area contributed by atoms with Gasteiger partial charge in [-0.25, -0.2) is 0 Å². The van der Waals surface area contributed by atoms with Crippen LogP contribution in [0.1, 0.15) is 11.1 Å². The largest absolute Gasteiger partial charge is 0.331 e. The number of carbonyl (C=O) groups excluding carboxylic acids is 1. The molecule has 0 bridgehead atoms. The first-order valence-corrected chi connectivity index (χ1v) is 7.93. The van der Waals surface area contributed by atoms with E-state index >= 15 is 0 Å². The number of hydrogen-bond donors (Lipinski definition) is 2. The minimum Gasteiger partial charge on any atom is -0.331 e. The summed E-state index contributed by atoms with van der Waals surface area (Å²) in [6, 6.07) is 12.9. The van der Waals surface area contributed by atoms with Crippen LogP contribution in [0, 0.1) is 6.92 Å². The van der Waals surface area contributed by atoms with E-state index in [0.29, 0.717) is 15.7 Å². The first-order chi connectivity index (χ1) is 11.0. The molecule has 118 valence electrons. The Morgan fingerprint density at radius 3 is 2.52 bits per heavy atom. The number of anilines is 1. The normalized spacial score (nSPS) is 10.6. The zero-order valence-corrected chi connectivity index (χ0v) is 14.6. The fourth-order valence-electron chi connectivity index (χ4n) is 1.76. The molecule has 0 saturated carbocycles. The number of aryl methyl sites for hydroxylation is 1. The molecule has 0 atom stereocenters. The lowest BCUT2D eigenvalue weighted by atomic mass is 10.1. The van der Waals surface area contributed by atoms with Gasteiger partial charge in [-0.15, -0.1) is 0 Å². The van der Waals surface area contributed by atoms with Crippen molar-refractivity contribution in [1.29, 1.82) is 0 Å². The molecular weight excluding hydrogens is 351 g/mol. The molecule has 3 nitrogen and oxygen atoms in total. The van der Waals surface area contributed by atoms with Gasteiger partial charge in [-0.05, 0) is 42.9 Å². The topological polar surface area (TPSA) is 41.1 Å². The van der Waals surface area contributed by atoms with Gasteiger partial charge in [0.05, 0.1) is 15.7 Å². The highest BCUT2D eigenvalue weighted by atomic mass is 35.5. The Kier molecular flexibility index (Phi) is 6.16. The van der Waals surface area contributed by atoms with Crippen molar-refractivity contribution < 1.29 is 4.79 Å². The standard InChI is InChI=1S/C17H14Cl2N2OS/c1-11-5-7-12(8-6-11)9-10-15(22)21-17(23)20-14-4-2-3-13(18)16(14)19/h2-10H,1H3,(H2,20,21,22,23)/b10-9+. The average molecular weight is 365 g/mol. The van der Waals surface area contributed by atoms with E-state index in [2.05, 4.69) is 10.6 Å². The summed E-state index contributed by atoms with van der Waals surface area (Å²) in [7, 11) is 0. The summed E-state index contributed by atoms with van der Waals surface area (Å²) in [5.74, 6) is -0.332. The number of amides is 1. The minimum atomic E-state index is -0.332. The third-order valence-corrected chi connectivity index (χ3v) is 3.96. The van der Waals surface area contributed by atoms with Gasteiger partial charge < -0.3 is 5.32 Å². The van der Waals surface area contributed by atoms with Crippen LogP contribution in [0.15, 0.2) is 48.5 Å². The van der Waals surface area contributed by atoms with Crippen molar-refractivity contribution in [3.63, 3.8) is 0 Å². The molecule has 0 saturated heterocycles. The second-order valence-electron chi connectivity index (χ2n) is 4.79. The van der Waals surface area contributed by atoms with Gasteiger partial charge in [-0.1, -0.05) is 59.1 Å². The molecule has 0 aliphatic rings. The summed E-state index contributed by atoms with van der Waals surface area (Å²) in [4.78, 5) is 11.9. The number of thiocarbonyl (C=S) groups is 1. The van der Waals surface area contributed by atoms with Crippen LogP contribution in [0.25, 0.3) is 6.08 Å². The quantitative estimate of drug-likeness (QED) is 0.605. The van der Waals surface area contributed by atoms with Crippen LogP contribution in [0.4, 0.5) is 5.69 Å². The van der Waals surface area contributed by atoms with Gasteiger partial charge in [0.25, 0.3) is 0 Å². The molecule has 2 aromatic carbocycles. The number of benzene rings is 2. The van der Waals surface area contributed by atoms with E-state index in [9.17, 15) is 4.79 Å². The molecular formula is C17H14Cl2N2OS.